The lowest BCUT2D eigenvalue weighted by Crippen LogP contribution is -2.49. The zero-order chi connectivity index (χ0) is 18.1. The van der Waals surface area contributed by atoms with E-state index in [4.69, 9.17) is 17.0 Å². The number of amides is 2. The lowest BCUT2D eigenvalue weighted by molar-refractivity contribution is -0.123. The number of carbonyl (C=O) groups excluding carboxylic acids is 2. The van der Waals surface area contributed by atoms with Crippen molar-refractivity contribution >= 4 is 46.6 Å². The van der Waals surface area contributed by atoms with E-state index in [-0.39, 0.29) is 11.7 Å². The van der Waals surface area contributed by atoms with Crippen LogP contribution in [0.1, 0.15) is 10.4 Å². The van der Waals surface area contributed by atoms with Gasteiger partial charge in [0.15, 0.2) is 11.7 Å². The Hall–Kier alpha value is -2.71. The van der Waals surface area contributed by atoms with E-state index in [0.29, 0.717) is 5.75 Å². The van der Waals surface area contributed by atoms with Gasteiger partial charge in [0, 0.05) is 11.0 Å². The van der Waals surface area contributed by atoms with Gasteiger partial charge in [0.1, 0.15) is 5.75 Å². The molecule has 0 aliphatic rings. The molecule has 2 aromatic rings. The number of thiocarbonyl (C=S) groups is 1. The second kappa shape index (κ2) is 9.55. The molecule has 0 spiro atoms. The molecule has 1 aromatic heterocycles. The van der Waals surface area contributed by atoms with Gasteiger partial charge in [-0.15, -0.1) is 11.3 Å². The number of thiophene rings is 1. The number of hydrogen-bond donors (Lipinski definition) is 3. The minimum absolute atomic E-state index is 0.00971. The zero-order valence-electron chi connectivity index (χ0n) is 13.4. The fourth-order valence-corrected chi connectivity index (χ4v) is 2.44. The highest BCUT2D eigenvalue weighted by atomic mass is 32.1. The minimum atomic E-state index is -0.425. The molecule has 1 aromatic carbocycles. The lowest BCUT2D eigenvalue weighted by Gasteiger charge is -2.10. The summed E-state index contributed by atoms with van der Waals surface area (Å²) in [7, 11) is 0. The largest absolute Gasteiger partial charge is 0.484 e. The maximum absolute atomic E-state index is 11.7. The maximum atomic E-state index is 11.7. The molecule has 0 radical (unpaired) electrons. The Morgan fingerprint density at radius 2 is 1.96 bits per heavy atom. The Bertz CT molecular complexity index is 756. The monoisotopic (exact) mass is 375 g/mol. The van der Waals surface area contributed by atoms with Crippen LogP contribution in [-0.4, -0.2) is 23.5 Å². The number of hydrogen-bond acceptors (Lipinski definition) is 5. The van der Waals surface area contributed by atoms with E-state index < -0.39 is 11.8 Å². The first-order valence-corrected chi connectivity index (χ1v) is 8.62. The van der Waals surface area contributed by atoms with Crippen molar-refractivity contribution in [2.45, 2.75) is 6.92 Å². The average Bonchev–Trinajstić information content (AvgIpc) is 3.11. The lowest BCUT2D eigenvalue weighted by atomic mass is 10.2. The van der Waals surface area contributed by atoms with Gasteiger partial charge in [-0.05, 0) is 48.8 Å². The predicted octanol–water partition coefficient (Wildman–Crippen LogP) is 2.17. The fraction of sp³-hybridized carbons (Fsp3) is 0.118. The summed E-state index contributed by atoms with van der Waals surface area (Å²) in [6.45, 7) is 1.79. The Labute approximate surface area is 154 Å². The van der Waals surface area contributed by atoms with E-state index in [9.17, 15) is 9.59 Å². The van der Waals surface area contributed by atoms with Crippen LogP contribution in [0.15, 0.2) is 47.9 Å². The summed E-state index contributed by atoms with van der Waals surface area (Å²) in [5, 5.41) is 4.33. The van der Waals surface area contributed by atoms with Crippen molar-refractivity contribution in [2.24, 2.45) is 0 Å². The first-order valence-electron chi connectivity index (χ1n) is 7.34. The normalized spacial score (nSPS) is 10.3. The van der Waals surface area contributed by atoms with E-state index in [1.165, 1.54) is 17.4 Å². The van der Waals surface area contributed by atoms with Gasteiger partial charge in [0.05, 0.1) is 0 Å². The molecule has 25 heavy (non-hydrogen) atoms. The highest BCUT2D eigenvalue weighted by Crippen LogP contribution is 2.11. The Morgan fingerprint density at radius 1 is 1.20 bits per heavy atom. The molecule has 1 heterocycles. The number of ether oxygens (including phenoxy) is 1. The van der Waals surface area contributed by atoms with E-state index in [0.717, 1.165) is 10.4 Å². The van der Waals surface area contributed by atoms with Gasteiger partial charge in [-0.1, -0.05) is 23.8 Å². The summed E-state index contributed by atoms with van der Waals surface area (Å²) in [6, 6.07) is 11.1. The topological polar surface area (TPSA) is 79.5 Å². The molecule has 130 valence electrons. The van der Waals surface area contributed by atoms with E-state index in [2.05, 4.69) is 16.2 Å². The van der Waals surface area contributed by atoms with Gasteiger partial charge < -0.3 is 4.74 Å². The summed E-state index contributed by atoms with van der Waals surface area (Å²) in [6.07, 6.45) is 3.04. The first kappa shape index (κ1) is 18.6. The van der Waals surface area contributed by atoms with Crippen molar-refractivity contribution in [3.63, 3.8) is 0 Å². The molecule has 3 N–H and O–H groups in total. The average molecular weight is 375 g/mol. The third-order valence-corrected chi connectivity index (χ3v) is 3.93. The van der Waals surface area contributed by atoms with Crippen LogP contribution in [0.2, 0.25) is 0 Å². The molecule has 2 rings (SSSR count). The second-order valence-corrected chi connectivity index (χ2v) is 6.33. The molecule has 0 unspecified atom stereocenters. The van der Waals surface area contributed by atoms with Crippen LogP contribution in [0.25, 0.3) is 6.08 Å². The van der Waals surface area contributed by atoms with Gasteiger partial charge in [-0.2, -0.15) is 0 Å². The van der Waals surface area contributed by atoms with E-state index in [1.807, 2.05) is 36.6 Å². The van der Waals surface area contributed by atoms with Gasteiger partial charge in [-0.3, -0.25) is 25.8 Å². The Kier molecular flexibility index (Phi) is 7.12. The van der Waals surface area contributed by atoms with Crippen molar-refractivity contribution in [1.82, 2.24) is 16.2 Å². The molecule has 0 aliphatic carbocycles. The summed E-state index contributed by atoms with van der Waals surface area (Å²) in [5.74, 6) is -0.224. The predicted molar refractivity (Wildman–Crippen MR) is 102 cm³/mol. The van der Waals surface area contributed by atoms with Crippen LogP contribution in [0.5, 0.6) is 5.75 Å². The number of aryl methyl sites for hydroxylation is 1. The highest BCUT2D eigenvalue weighted by molar-refractivity contribution is 7.80. The van der Waals surface area contributed by atoms with Crippen LogP contribution >= 0.6 is 23.6 Å². The molecule has 0 bridgehead atoms. The molecular weight excluding hydrogens is 358 g/mol. The summed E-state index contributed by atoms with van der Waals surface area (Å²) in [5.41, 5.74) is 5.89. The summed E-state index contributed by atoms with van der Waals surface area (Å²) in [4.78, 5) is 24.3. The highest BCUT2D eigenvalue weighted by Gasteiger charge is 2.05. The molecular formula is C17H17N3O3S2. The standard InChI is InChI=1S/C17H17N3O3S2/c1-12-4-6-13(7-5-12)23-11-16(22)19-20-17(24)18-15(21)9-8-14-3-2-10-25-14/h2-10H,11H2,1H3,(H,19,22)(H2,18,20,21,24). The summed E-state index contributed by atoms with van der Waals surface area (Å²) < 4.78 is 5.32. The minimum Gasteiger partial charge on any atom is -0.484 e. The van der Waals surface area contributed by atoms with Crippen LogP contribution in [-0.2, 0) is 9.59 Å². The molecule has 8 heteroatoms. The number of benzene rings is 1. The SMILES string of the molecule is Cc1ccc(OCC(=O)NNC(=S)NC(=O)C=Cc2cccs2)cc1. The maximum Gasteiger partial charge on any atom is 0.276 e. The van der Waals surface area contributed by atoms with Crippen molar-refractivity contribution in [3.05, 3.63) is 58.3 Å². The van der Waals surface area contributed by atoms with Crippen molar-refractivity contribution < 1.29 is 14.3 Å². The van der Waals surface area contributed by atoms with Crippen LogP contribution in [0.3, 0.4) is 0 Å². The van der Waals surface area contributed by atoms with Gasteiger partial charge in [-0.25, -0.2) is 0 Å². The number of carbonyl (C=O) groups is 2. The van der Waals surface area contributed by atoms with Crippen molar-refractivity contribution in [1.29, 1.82) is 0 Å². The van der Waals surface area contributed by atoms with Crippen LogP contribution in [0.4, 0.5) is 0 Å². The molecule has 0 fully saturated rings. The second-order valence-electron chi connectivity index (χ2n) is 4.94. The quantitative estimate of drug-likeness (QED) is 0.424. The van der Waals surface area contributed by atoms with E-state index >= 15 is 0 Å². The van der Waals surface area contributed by atoms with Gasteiger partial charge in [0.2, 0.25) is 5.91 Å². The summed E-state index contributed by atoms with van der Waals surface area (Å²) >= 11 is 6.44. The fourth-order valence-electron chi connectivity index (χ4n) is 1.67. The van der Waals surface area contributed by atoms with Crippen molar-refractivity contribution in [3.8, 4) is 5.75 Å². The molecule has 0 saturated heterocycles. The number of nitrogens with one attached hydrogen (secondary N) is 3. The molecule has 0 saturated carbocycles. The zero-order valence-corrected chi connectivity index (χ0v) is 15.1. The smallest absolute Gasteiger partial charge is 0.276 e. The van der Waals surface area contributed by atoms with Crippen LogP contribution in [0, 0.1) is 6.92 Å². The van der Waals surface area contributed by atoms with Crippen molar-refractivity contribution in [2.75, 3.05) is 6.61 Å². The van der Waals surface area contributed by atoms with E-state index in [1.54, 1.807) is 18.2 Å². The molecule has 0 aliphatic heterocycles. The first-order chi connectivity index (χ1) is 12.0. The van der Waals surface area contributed by atoms with Gasteiger partial charge >= 0.3 is 0 Å². The van der Waals surface area contributed by atoms with Crippen LogP contribution < -0.4 is 20.9 Å². The molecule has 6 nitrogen and oxygen atoms in total. The third-order valence-electron chi connectivity index (χ3n) is 2.89. The Balaban J connectivity index is 1.65. The number of rotatable bonds is 5. The molecule has 0 atom stereocenters. The molecule has 2 amide bonds. The van der Waals surface area contributed by atoms with Gasteiger partial charge in [0.25, 0.3) is 5.91 Å². The Morgan fingerprint density at radius 3 is 2.64 bits per heavy atom. The number of hydrazine groups is 1. The third kappa shape index (κ3) is 7.15.